The molecule has 5 heteroatoms. The highest BCUT2D eigenvalue weighted by atomic mass is 16.5. The van der Waals surface area contributed by atoms with Crippen molar-refractivity contribution in [3.63, 3.8) is 0 Å². The minimum Gasteiger partial charge on any atom is -0.367 e. The molecule has 106 valence electrons. The molecule has 1 aromatic heterocycles. The average Bonchev–Trinajstić information content (AvgIpc) is 2.73. The third kappa shape index (κ3) is 3.64. The van der Waals surface area contributed by atoms with E-state index in [4.69, 9.17) is 4.74 Å². The van der Waals surface area contributed by atoms with Gasteiger partial charge in [-0.2, -0.15) is 0 Å². The first-order valence-electron chi connectivity index (χ1n) is 6.78. The summed E-state index contributed by atoms with van der Waals surface area (Å²) in [6, 6.07) is 1.54. The van der Waals surface area contributed by atoms with Gasteiger partial charge in [-0.05, 0) is 40.5 Å². The maximum Gasteiger partial charge on any atom is 0.251 e. The van der Waals surface area contributed by atoms with Crippen molar-refractivity contribution < 1.29 is 4.74 Å². The van der Waals surface area contributed by atoms with Crippen LogP contribution in [-0.2, 0) is 16.9 Å². The molecule has 2 heterocycles. The number of nitrogens with zero attached hydrogens (tertiary/aromatic N) is 1. The summed E-state index contributed by atoms with van der Waals surface area (Å²) in [7, 11) is 0. The predicted molar refractivity (Wildman–Crippen MR) is 74.0 cm³/mol. The molecule has 19 heavy (non-hydrogen) atoms. The lowest BCUT2D eigenvalue weighted by Gasteiger charge is -2.23. The number of aromatic amines is 1. The number of nitrogens with one attached hydrogen (secondary N) is 2. The van der Waals surface area contributed by atoms with Gasteiger partial charge in [-0.1, -0.05) is 0 Å². The van der Waals surface area contributed by atoms with Gasteiger partial charge in [0.05, 0.1) is 5.69 Å². The van der Waals surface area contributed by atoms with Crippen LogP contribution >= 0.6 is 0 Å². The molecule has 0 bridgehead atoms. The van der Waals surface area contributed by atoms with E-state index in [-0.39, 0.29) is 11.1 Å². The fourth-order valence-electron chi connectivity index (χ4n) is 2.17. The average molecular weight is 265 g/mol. The number of rotatable bonds is 3. The van der Waals surface area contributed by atoms with Crippen LogP contribution in [0.1, 0.15) is 52.1 Å². The van der Waals surface area contributed by atoms with Gasteiger partial charge in [0.1, 0.15) is 11.4 Å². The van der Waals surface area contributed by atoms with Crippen LogP contribution in [0.3, 0.4) is 0 Å². The lowest BCUT2D eigenvalue weighted by atomic mass is 10.0. The molecule has 1 aliphatic heterocycles. The number of hydrogen-bond donors (Lipinski definition) is 2. The highest BCUT2D eigenvalue weighted by molar-refractivity contribution is 5.09. The number of ether oxygens (including phenoxy) is 1. The molecule has 0 saturated carbocycles. The van der Waals surface area contributed by atoms with Crippen LogP contribution in [0.25, 0.3) is 0 Å². The zero-order valence-corrected chi connectivity index (χ0v) is 12.2. The first-order chi connectivity index (χ1) is 8.78. The van der Waals surface area contributed by atoms with E-state index in [0.717, 1.165) is 25.1 Å². The Bertz CT molecular complexity index is 496. The Labute approximate surface area is 113 Å². The van der Waals surface area contributed by atoms with Gasteiger partial charge in [0.25, 0.3) is 5.56 Å². The van der Waals surface area contributed by atoms with Crippen molar-refractivity contribution in [3.8, 4) is 0 Å². The molecule has 0 spiro atoms. The van der Waals surface area contributed by atoms with Gasteiger partial charge in [-0.3, -0.25) is 4.79 Å². The van der Waals surface area contributed by atoms with E-state index in [0.29, 0.717) is 12.4 Å². The van der Waals surface area contributed by atoms with E-state index in [9.17, 15) is 4.79 Å². The second-order valence-electron chi connectivity index (χ2n) is 6.37. The van der Waals surface area contributed by atoms with Crippen LogP contribution in [0.2, 0.25) is 0 Å². The molecule has 1 aliphatic rings. The van der Waals surface area contributed by atoms with Crippen molar-refractivity contribution in [2.45, 2.75) is 58.2 Å². The minimum atomic E-state index is -0.448. The largest absolute Gasteiger partial charge is 0.367 e. The summed E-state index contributed by atoms with van der Waals surface area (Å²) in [5, 5.41) is 3.34. The topological polar surface area (TPSA) is 67.0 Å². The Hall–Kier alpha value is -1.20. The van der Waals surface area contributed by atoms with Crippen molar-refractivity contribution >= 4 is 0 Å². The molecule has 0 aliphatic carbocycles. The van der Waals surface area contributed by atoms with Crippen LogP contribution in [0, 0.1) is 0 Å². The van der Waals surface area contributed by atoms with Crippen molar-refractivity contribution in [3.05, 3.63) is 27.9 Å². The smallest absolute Gasteiger partial charge is 0.251 e. The second-order valence-corrected chi connectivity index (χ2v) is 6.37. The molecule has 5 nitrogen and oxygen atoms in total. The summed E-state index contributed by atoms with van der Waals surface area (Å²) in [5.74, 6) is 0.642. The summed E-state index contributed by atoms with van der Waals surface area (Å²) < 4.78 is 5.73. The minimum absolute atomic E-state index is 0.00178. The number of aromatic nitrogens is 2. The van der Waals surface area contributed by atoms with E-state index in [2.05, 4.69) is 36.1 Å². The Balaban J connectivity index is 2.22. The van der Waals surface area contributed by atoms with Crippen molar-refractivity contribution in [2.24, 2.45) is 0 Å². The normalized spacial score (nSPS) is 23.8. The molecule has 1 saturated heterocycles. The maximum atomic E-state index is 11.8. The molecular weight excluding hydrogens is 242 g/mol. The fraction of sp³-hybridized carbons (Fsp3) is 0.714. The monoisotopic (exact) mass is 265 g/mol. The van der Waals surface area contributed by atoms with Crippen LogP contribution in [-0.4, -0.2) is 22.1 Å². The first kappa shape index (κ1) is 14.2. The molecule has 1 atom stereocenters. The molecule has 0 radical (unpaired) electrons. The number of hydrogen-bond acceptors (Lipinski definition) is 4. The fourth-order valence-corrected chi connectivity index (χ4v) is 2.17. The van der Waals surface area contributed by atoms with Crippen LogP contribution in [0.5, 0.6) is 0 Å². The van der Waals surface area contributed by atoms with Crippen LogP contribution in [0.15, 0.2) is 10.9 Å². The molecule has 2 rings (SSSR count). The summed E-state index contributed by atoms with van der Waals surface area (Å²) in [4.78, 5) is 19.1. The van der Waals surface area contributed by atoms with Gasteiger partial charge in [0.2, 0.25) is 0 Å². The van der Waals surface area contributed by atoms with Gasteiger partial charge in [0.15, 0.2) is 0 Å². The molecule has 1 unspecified atom stereocenters. The number of H-pyrrole nitrogens is 1. The standard InChI is InChI=1S/C14H23N3O2/c1-13(2,3)15-9-10-8-11(18)17-12(16-10)14(4)6-5-7-19-14/h8,15H,5-7,9H2,1-4H3,(H,16,17,18). The van der Waals surface area contributed by atoms with Gasteiger partial charge in [-0.25, -0.2) is 4.98 Å². The Morgan fingerprint density at radius 1 is 1.53 bits per heavy atom. The van der Waals surface area contributed by atoms with Gasteiger partial charge >= 0.3 is 0 Å². The van der Waals surface area contributed by atoms with Crippen LogP contribution in [0.4, 0.5) is 0 Å². The molecule has 0 aromatic carbocycles. The van der Waals surface area contributed by atoms with E-state index >= 15 is 0 Å². The molecule has 2 N–H and O–H groups in total. The van der Waals surface area contributed by atoms with Gasteiger partial charge in [0, 0.05) is 24.8 Å². The highest BCUT2D eigenvalue weighted by Crippen LogP contribution is 2.32. The lowest BCUT2D eigenvalue weighted by Crippen LogP contribution is -2.36. The molecule has 1 aromatic rings. The second kappa shape index (κ2) is 5.06. The van der Waals surface area contributed by atoms with Crippen molar-refractivity contribution in [2.75, 3.05) is 6.61 Å². The summed E-state index contributed by atoms with van der Waals surface area (Å²) >= 11 is 0. The zero-order chi connectivity index (χ0) is 14.1. The maximum absolute atomic E-state index is 11.8. The van der Waals surface area contributed by atoms with Crippen LogP contribution < -0.4 is 10.9 Å². The third-order valence-corrected chi connectivity index (χ3v) is 3.31. The molecule has 0 amide bonds. The van der Waals surface area contributed by atoms with Gasteiger partial charge < -0.3 is 15.0 Å². The molecule has 1 fully saturated rings. The summed E-state index contributed by atoms with van der Waals surface area (Å²) in [6.07, 6.45) is 1.90. The Morgan fingerprint density at radius 3 is 2.84 bits per heavy atom. The Kier molecular flexibility index (Phi) is 3.78. The predicted octanol–water partition coefficient (Wildman–Crippen LogP) is 1.68. The highest BCUT2D eigenvalue weighted by Gasteiger charge is 2.34. The van der Waals surface area contributed by atoms with Crippen molar-refractivity contribution in [1.29, 1.82) is 0 Å². The van der Waals surface area contributed by atoms with E-state index < -0.39 is 5.60 Å². The summed E-state index contributed by atoms with van der Waals surface area (Å²) in [5.41, 5.74) is 0.188. The first-order valence-corrected chi connectivity index (χ1v) is 6.78. The van der Waals surface area contributed by atoms with Crippen molar-refractivity contribution in [1.82, 2.24) is 15.3 Å². The third-order valence-electron chi connectivity index (χ3n) is 3.31. The Morgan fingerprint density at radius 2 is 2.26 bits per heavy atom. The van der Waals surface area contributed by atoms with E-state index in [1.54, 1.807) is 6.07 Å². The quantitative estimate of drug-likeness (QED) is 0.872. The summed E-state index contributed by atoms with van der Waals surface area (Å²) in [6.45, 7) is 9.55. The SMILES string of the molecule is CC(C)(C)NCc1cc(=O)[nH]c(C2(C)CCCO2)n1. The molecular formula is C14H23N3O2. The lowest BCUT2D eigenvalue weighted by molar-refractivity contribution is 0.00892. The van der Waals surface area contributed by atoms with E-state index in [1.807, 2.05) is 6.92 Å². The van der Waals surface area contributed by atoms with E-state index in [1.165, 1.54) is 0 Å². The zero-order valence-electron chi connectivity index (χ0n) is 12.2. The van der Waals surface area contributed by atoms with Gasteiger partial charge in [-0.15, -0.1) is 0 Å².